The molecule has 0 spiro atoms. The molecule has 8 heteroatoms. The SMILES string of the molecule is Cc1ccc(-c2ncon2)cc1NC(=O)c1cnc2ccc(F)cn12. The first-order valence-electron chi connectivity index (χ1n) is 7.43. The molecule has 0 fully saturated rings. The van der Waals surface area contributed by atoms with E-state index in [0.717, 1.165) is 5.56 Å². The number of pyridine rings is 1. The molecule has 0 unspecified atom stereocenters. The number of hydrogen-bond donors (Lipinski definition) is 1. The maximum Gasteiger partial charge on any atom is 0.274 e. The molecule has 1 amide bonds. The third kappa shape index (κ3) is 2.74. The van der Waals surface area contributed by atoms with Gasteiger partial charge >= 0.3 is 0 Å². The molecule has 1 aromatic carbocycles. The predicted octanol–water partition coefficient (Wildman–Crippen LogP) is 3.08. The van der Waals surface area contributed by atoms with E-state index in [-0.39, 0.29) is 5.69 Å². The summed E-state index contributed by atoms with van der Waals surface area (Å²) in [6, 6.07) is 8.23. The molecule has 0 aliphatic rings. The minimum absolute atomic E-state index is 0.235. The molecule has 4 aromatic rings. The molecule has 124 valence electrons. The van der Waals surface area contributed by atoms with Crippen LogP contribution in [0.1, 0.15) is 16.1 Å². The Kier molecular flexibility index (Phi) is 3.50. The summed E-state index contributed by atoms with van der Waals surface area (Å²) in [6.07, 6.45) is 3.86. The Bertz CT molecular complexity index is 1070. The fraction of sp³-hybridized carbons (Fsp3) is 0.0588. The van der Waals surface area contributed by atoms with Crippen LogP contribution in [0.25, 0.3) is 17.0 Å². The highest BCUT2D eigenvalue weighted by Crippen LogP contribution is 2.23. The predicted molar refractivity (Wildman–Crippen MR) is 87.6 cm³/mol. The minimum Gasteiger partial charge on any atom is -0.342 e. The summed E-state index contributed by atoms with van der Waals surface area (Å²) in [6.45, 7) is 1.86. The van der Waals surface area contributed by atoms with E-state index in [4.69, 9.17) is 4.52 Å². The number of nitrogens with zero attached hydrogens (tertiary/aromatic N) is 4. The molecule has 0 radical (unpaired) electrons. The molecule has 0 aliphatic carbocycles. The number of aryl methyl sites for hydroxylation is 1. The number of aromatic nitrogens is 4. The summed E-state index contributed by atoms with van der Waals surface area (Å²) >= 11 is 0. The summed E-state index contributed by atoms with van der Waals surface area (Å²) in [5.41, 5.74) is 2.89. The molecule has 0 saturated carbocycles. The van der Waals surface area contributed by atoms with Gasteiger partial charge in [0.25, 0.3) is 5.91 Å². The van der Waals surface area contributed by atoms with Crippen LogP contribution in [0.15, 0.2) is 53.6 Å². The number of imidazole rings is 1. The van der Waals surface area contributed by atoms with Gasteiger partial charge in [-0.25, -0.2) is 9.37 Å². The van der Waals surface area contributed by atoms with E-state index in [1.807, 2.05) is 19.1 Å². The summed E-state index contributed by atoms with van der Waals surface area (Å²) in [5.74, 6) is -0.423. The fourth-order valence-electron chi connectivity index (χ4n) is 2.50. The molecule has 25 heavy (non-hydrogen) atoms. The third-order valence-electron chi connectivity index (χ3n) is 3.81. The summed E-state index contributed by atoms with van der Waals surface area (Å²) < 4.78 is 19.6. The Labute approximate surface area is 141 Å². The van der Waals surface area contributed by atoms with Crippen molar-refractivity contribution < 1.29 is 13.7 Å². The van der Waals surface area contributed by atoms with Crippen LogP contribution in [0.3, 0.4) is 0 Å². The lowest BCUT2D eigenvalue weighted by molar-refractivity contribution is 0.102. The summed E-state index contributed by atoms with van der Waals surface area (Å²) in [7, 11) is 0. The Morgan fingerprint density at radius 3 is 2.92 bits per heavy atom. The lowest BCUT2D eigenvalue weighted by atomic mass is 10.1. The number of nitrogens with one attached hydrogen (secondary N) is 1. The quantitative estimate of drug-likeness (QED) is 0.621. The number of rotatable bonds is 3. The molecule has 3 aromatic heterocycles. The topological polar surface area (TPSA) is 85.3 Å². The number of amides is 1. The van der Waals surface area contributed by atoms with Gasteiger partial charge in [0, 0.05) is 17.4 Å². The van der Waals surface area contributed by atoms with E-state index in [1.54, 1.807) is 6.07 Å². The molecule has 4 rings (SSSR count). The van der Waals surface area contributed by atoms with Crippen LogP contribution in [-0.4, -0.2) is 25.4 Å². The molecule has 0 aliphatic heterocycles. The standard InChI is InChI=1S/C17H12FN5O2/c1-10-2-3-11(16-20-9-25-22-16)6-13(10)21-17(24)14-7-19-15-5-4-12(18)8-23(14)15/h2-9H,1H3,(H,21,24). The zero-order chi connectivity index (χ0) is 17.4. The van der Waals surface area contributed by atoms with Crippen molar-refractivity contribution in [3.05, 3.63) is 66.2 Å². The molecular weight excluding hydrogens is 325 g/mol. The zero-order valence-electron chi connectivity index (χ0n) is 13.1. The van der Waals surface area contributed by atoms with Crippen LogP contribution in [0, 0.1) is 12.7 Å². The second-order valence-corrected chi connectivity index (χ2v) is 5.46. The Morgan fingerprint density at radius 2 is 2.12 bits per heavy atom. The van der Waals surface area contributed by atoms with Crippen molar-refractivity contribution in [1.82, 2.24) is 19.5 Å². The van der Waals surface area contributed by atoms with E-state index in [2.05, 4.69) is 20.4 Å². The van der Waals surface area contributed by atoms with Gasteiger partial charge in [0.05, 0.1) is 6.20 Å². The van der Waals surface area contributed by atoms with E-state index in [0.29, 0.717) is 22.7 Å². The van der Waals surface area contributed by atoms with Crippen molar-refractivity contribution in [3.8, 4) is 11.4 Å². The largest absolute Gasteiger partial charge is 0.342 e. The van der Waals surface area contributed by atoms with Crippen molar-refractivity contribution in [1.29, 1.82) is 0 Å². The first-order valence-corrected chi connectivity index (χ1v) is 7.43. The number of carbonyl (C=O) groups excluding carboxylic acids is 1. The first kappa shape index (κ1) is 15.0. The Hall–Kier alpha value is -3.55. The van der Waals surface area contributed by atoms with Crippen LogP contribution in [0.4, 0.5) is 10.1 Å². The third-order valence-corrected chi connectivity index (χ3v) is 3.81. The second-order valence-electron chi connectivity index (χ2n) is 5.46. The summed E-state index contributed by atoms with van der Waals surface area (Å²) in [5, 5.41) is 6.60. The monoisotopic (exact) mass is 337 g/mol. The number of carbonyl (C=O) groups is 1. The fourth-order valence-corrected chi connectivity index (χ4v) is 2.50. The van der Waals surface area contributed by atoms with Gasteiger partial charge in [-0.1, -0.05) is 17.3 Å². The number of fused-ring (bicyclic) bond motifs is 1. The highest BCUT2D eigenvalue weighted by molar-refractivity contribution is 6.04. The van der Waals surface area contributed by atoms with Gasteiger partial charge in [0.2, 0.25) is 12.2 Å². The molecular formula is C17H12FN5O2. The van der Waals surface area contributed by atoms with E-state index < -0.39 is 11.7 Å². The van der Waals surface area contributed by atoms with Crippen molar-refractivity contribution >= 4 is 17.2 Å². The van der Waals surface area contributed by atoms with Gasteiger partial charge in [-0.05, 0) is 30.7 Å². The van der Waals surface area contributed by atoms with Crippen LogP contribution in [0.2, 0.25) is 0 Å². The minimum atomic E-state index is -0.449. The van der Waals surface area contributed by atoms with E-state index in [9.17, 15) is 9.18 Å². The second kappa shape index (κ2) is 5.82. The van der Waals surface area contributed by atoms with Crippen LogP contribution in [0.5, 0.6) is 0 Å². The van der Waals surface area contributed by atoms with Crippen molar-refractivity contribution in [2.45, 2.75) is 6.92 Å². The van der Waals surface area contributed by atoms with Crippen molar-refractivity contribution in [3.63, 3.8) is 0 Å². The molecule has 0 saturated heterocycles. The van der Waals surface area contributed by atoms with Crippen LogP contribution in [-0.2, 0) is 0 Å². The van der Waals surface area contributed by atoms with Crippen LogP contribution < -0.4 is 5.32 Å². The summed E-state index contributed by atoms with van der Waals surface area (Å²) in [4.78, 5) is 20.7. The smallest absolute Gasteiger partial charge is 0.274 e. The molecule has 0 bridgehead atoms. The number of halogens is 1. The van der Waals surface area contributed by atoms with Gasteiger partial charge < -0.3 is 9.84 Å². The average molecular weight is 337 g/mol. The number of benzene rings is 1. The van der Waals surface area contributed by atoms with Gasteiger partial charge in [-0.2, -0.15) is 4.98 Å². The zero-order valence-corrected chi connectivity index (χ0v) is 13.1. The number of anilines is 1. The first-order chi connectivity index (χ1) is 12.1. The van der Waals surface area contributed by atoms with E-state index in [1.165, 1.54) is 35.3 Å². The maximum absolute atomic E-state index is 13.5. The Balaban J connectivity index is 1.68. The molecule has 3 heterocycles. The normalized spacial score (nSPS) is 11.0. The van der Waals surface area contributed by atoms with E-state index >= 15 is 0 Å². The van der Waals surface area contributed by atoms with Gasteiger partial charge in [0.1, 0.15) is 17.2 Å². The lowest BCUT2D eigenvalue weighted by Gasteiger charge is -2.09. The van der Waals surface area contributed by atoms with Crippen LogP contribution >= 0.6 is 0 Å². The molecule has 1 N–H and O–H groups in total. The maximum atomic E-state index is 13.5. The molecule has 7 nitrogen and oxygen atoms in total. The highest BCUT2D eigenvalue weighted by atomic mass is 19.1. The van der Waals surface area contributed by atoms with Gasteiger partial charge in [-0.3, -0.25) is 9.20 Å². The lowest BCUT2D eigenvalue weighted by Crippen LogP contribution is -2.15. The number of hydrogen-bond acceptors (Lipinski definition) is 5. The van der Waals surface area contributed by atoms with Crippen molar-refractivity contribution in [2.75, 3.05) is 5.32 Å². The Morgan fingerprint density at radius 1 is 1.24 bits per heavy atom. The van der Waals surface area contributed by atoms with Gasteiger partial charge in [0.15, 0.2) is 0 Å². The highest BCUT2D eigenvalue weighted by Gasteiger charge is 2.15. The molecule has 0 atom stereocenters. The average Bonchev–Trinajstić information content (AvgIpc) is 3.26. The van der Waals surface area contributed by atoms with Crippen molar-refractivity contribution in [2.24, 2.45) is 0 Å². The van der Waals surface area contributed by atoms with Gasteiger partial charge in [-0.15, -0.1) is 0 Å².